The van der Waals surface area contributed by atoms with E-state index in [-0.39, 0.29) is 39.1 Å². The molecule has 0 aromatic heterocycles. The summed E-state index contributed by atoms with van der Waals surface area (Å²) in [6, 6.07) is 17.0. The van der Waals surface area contributed by atoms with Crippen molar-refractivity contribution in [3.05, 3.63) is 87.9 Å². The quantitative estimate of drug-likeness (QED) is 0.275. The van der Waals surface area contributed by atoms with E-state index in [0.717, 1.165) is 15.4 Å². The van der Waals surface area contributed by atoms with Gasteiger partial charge in [0.25, 0.3) is 10.0 Å². The Morgan fingerprint density at radius 2 is 1.61 bits per heavy atom. The van der Waals surface area contributed by atoms with Crippen LogP contribution >= 0.6 is 23.2 Å². The van der Waals surface area contributed by atoms with E-state index in [2.05, 4.69) is 5.32 Å². The van der Waals surface area contributed by atoms with Gasteiger partial charge in [-0.05, 0) is 69.2 Å². The lowest BCUT2D eigenvalue weighted by Gasteiger charge is -2.33. The van der Waals surface area contributed by atoms with E-state index in [9.17, 15) is 18.0 Å². The molecule has 0 bridgehead atoms. The Labute approximate surface area is 252 Å². The number of carbonyl (C=O) groups is 2. The molecule has 41 heavy (non-hydrogen) atoms. The van der Waals surface area contributed by atoms with Crippen LogP contribution in [0.25, 0.3) is 0 Å². The first kappa shape index (κ1) is 32.2. The number of carbonyl (C=O) groups excluding carboxylic acids is 2. The first-order chi connectivity index (χ1) is 19.4. The predicted octanol–water partition coefficient (Wildman–Crippen LogP) is 5.84. The van der Waals surface area contributed by atoms with Gasteiger partial charge >= 0.3 is 0 Å². The third-order valence-corrected chi connectivity index (χ3v) is 9.00. The van der Waals surface area contributed by atoms with Crippen LogP contribution in [0.1, 0.15) is 38.3 Å². The van der Waals surface area contributed by atoms with Crippen molar-refractivity contribution in [2.75, 3.05) is 18.0 Å². The number of amides is 2. The Hall–Kier alpha value is -3.27. The number of hydrogen-bond donors (Lipinski definition) is 1. The Morgan fingerprint density at radius 3 is 2.17 bits per heavy atom. The lowest BCUT2D eigenvalue weighted by molar-refractivity contribution is -0.140. The molecule has 0 fully saturated rings. The number of aryl methyl sites for hydroxylation is 1. The fourth-order valence-electron chi connectivity index (χ4n) is 4.26. The molecule has 0 unspecified atom stereocenters. The van der Waals surface area contributed by atoms with E-state index in [1.165, 1.54) is 29.2 Å². The van der Waals surface area contributed by atoms with Gasteiger partial charge in [0.15, 0.2) is 0 Å². The zero-order valence-corrected chi connectivity index (χ0v) is 26.1. The van der Waals surface area contributed by atoms with Gasteiger partial charge < -0.3 is 15.0 Å². The molecule has 0 aliphatic heterocycles. The first-order valence-electron chi connectivity index (χ1n) is 13.1. The number of nitrogens with one attached hydrogen (secondary N) is 1. The lowest BCUT2D eigenvalue weighted by atomic mass is 10.1. The van der Waals surface area contributed by atoms with E-state index < -0.39 is 28.5 Å². The first-order valence-corrected chi connectivity index (χ1v) is 15.3. The molecule has 3 aromatic rings. The maximum atomic E-state index is 14.1. The number of anilines is 1. The molecular weight excluding hydrogens is 585 g/mol. The summed E-state index contributed by atoms with van der Waals surface area (Å²) < 4.78 is 34.1. The maximum Gasteiger partial charge on any atom is 0.264 e. The largest absolute Gasteiger partial charge is 0.497 e. The Kier molecular flexibility index (Phi) is 11.1. The van der Waals surface area contributed by atoms with Crippen molar-refractivity contribution < 1.29 is 22.7 Å². The van der Waals surface area contributed by atoms with Crippen molar-refractivity contribution in [2.45, 2.75) is 57.6 Å². The highest BCUT2D eigenvalue weighted by Crippen LogP contribution is 2.35. The SMILES string of the molecule is CC[C@@H](C(=O)NC(C)C)N(Cc1ccc(OC)cc1)C(=O)CN(c1cccc(Cl)c1Cl)S(=O)(=O)c1ccc(C)cc1. The molecule has 0 radical (unpaired) electrons. The Balaban J connectivity index is 2.10. The second-order valence-corrected chi connectivity index (χ2v) is 12.5. The van der Waals surface area contributed by atoms with Crippen LogP contribution in [0.15, 0.2) is 71.6 Å². The highest BCUT2D eigenvalue weighted by molar-refractivity contribution is 7.92. The summed E-state index contributed by atoms with van der Waals surface area (Å²) in [6.45, 7) is 6.75. The van der Waals surface area contributed by atoms with E-state index in [0.29, 0.717) is 12.2 Å². The molecule has 3 rings (SSSR count). The molecule has 11 heteroatoms. The number of rotatable bonds is 12. The summed E-state index contributed by atoms with van der Waals surface area (Å²) in [5, 5.41) is 3.00. The standard InChI is InChI=1S/C30H35Cl2N3O5S/c1-6-26(30(37)33-20(2)3)34(18-22-12-14-23(40-5)15-13-22)28(36)19-35(27-9-7-8-25(31)29(27)32)41(38,39)24-16-10-21(4)11-17-24/h7-17,20,26H,6,18-19H2,1-5H3,(H,33,37)/t26-/m0/s1. The second kappa shape index (κ2) is 14.1. The molecule has 1 atom stereocenters. The van der Waals surface area contributed by atoms with Crippen molar-refractivity contribution in [2.24, 2.45) is 0 Å². The van der Waals surface area contributed by atoms with Crippen LogP contribution in [0.2, 0.25) is 10.0 Å². The molecule has 2 amide bonds. The molecule has 1 N–H and O–H groups in total. The van der Waals surface area contributed by atoms with Crippen molar-refractivity contribution in [1.29, 1.82) is 0 Å². The second-order valence-electron chi connectivity index (χ2n) is 9.85. The smallest absolute Gasteiger partial charge is 0.264 e. The molecule has 0 saturated heterocycles. The summed E-state index contributed by atoms with van der Waals surface area (Å²) in [4.78, 5) is 28.7. The molecular formula is C30H35Cl2N3O5S. The number of halogens is 2. The van der Waals surface area contributed by atoms with Gasteiger partial charge in [-0.2, -0.15) is 0 Å². The van der Waals surface area contributed by atoms with Crippen molar-refractivity contribution in [1.82, 2.24) is 10.2 Å². The van der Waals surface area contributed by atoms with Crippen LogP contribution < -0.4 is 14.4 Å². The Bertz CT molecular complexity index is 1460. The van der Waals surface area contributed by atoms with E-state index in [1.807, 2.05) is 20.8 Å². The van der Waals surface area contributed by atoms with E-state index in [1.54, 1.807) is 56.5 Å². The minimum absolute atomic E-state index is 0.0102. The highest BCUT2D eigenvalue weighted by Gasteiger charge is 2.34. The van der Waals surface area contributed by atoms with Crippen LogP contribution in [0.3, 0.4) is 0 Å². The summed E-state index contributed by atoms with van der Waals surface area (Å²) >= 11 is 12.7. The van der Waals surface area contributed by atoms with Crippen LogP contribution in [0, 0.1) is 6.92 Å². The van der Waals surface area contributed by atoms with Gasteiger partial charge in [0.2, 0.25) is 11.8 Å². The maximum absolute atomic E-state index is 14.1. The summed E-state index contributed by atoms with van der Waals surface area (Å²) in [5.41, 5.74) is 1.67. The molecule has 0 heterocycles. The normalized spacial score (nSPS) is 12.1. The fraction of sp³-hybridized carbons (Fsp3) is 0.333. The minimum atomic E-state index is -4.27. The third kappa shape index (κ3) is 7.93. The molecule has 220 valence electrons. The van der Waals surface area contributed by atoms with Gasteiger partial charge in [0, 0.05) is 12.6 Å². The van der Waals surface area contributed by atoms with Crippen LogP contribution in [0.4, 0.5) is 5.69 Å². The number of methoxy groups -OCH3 is 1. The van der Waals surface area contributed by atoms with Gasteiger partial charge in [-0.3, -0.25) is 13.9 Å². The van der Waals surface area contributed by atoms with Crippen molar-refractivity contribution >= 4 is 50.7 Å². The zero-order chi connectivity index (χ0) is 30.3. The average molecular weight is 621 g/mol. The highest BCUT2D eigenvalue weighted by atomic mass is 35.5. The van der Waals surface area contributed by atoms with Gasteiger partial charge in [0.1, 0.15) is 18.3 Å². The monoisotopic (exact) mass is 619 g/mol. The molecule has 0 spiro atoms. The summed E-state index contributed by atoms with van der Waals surface area (Å²) in [6.07, 6.45) is 0.309. The molecule has 8 nitrogen and oxygen atoms in total. The zero-order valence-electron chi connectivity index (χ0n) is 23.7. The fourth-order valence-corrected chi connectivity index (χ4v) is 6.14. The van der Waals surface area contributed by atoms with Gasteiger partial charge in [-0.1, -0.05) is 66.0 Å². The number of hydrogen-bond acceptors (Lipinski definition) is 5. The summed E-state index contributed by atoms with van der Waals surface area (Å²) in [5.74, 6) is -0.279. The van der Waals surface area contributed by atoms with E-state index in [4.69, 9.17) is 27.9 Å². The predicted molar refractivity (Wildman–Crippen MR) is 163 cm³/mol. The molecule has 0 saturated carbocycles. The van der Waals surface area contributed by atoms with Gasteiger partial charge in [-0.25, -0.2) is 8.42 Å². The van der Waals surface area contributed by atoms with Gasteiger partial charge in [0.05, 0.1) is 27.7 Å². The summed E-state index contributed by atoms with van der Waals surface area (Å²) in [7, 11) is -2.71. The molecule has 3 aromatic carbocycles. The average Bonchev–Trinajstić information content (AvgIpc) is 2.93. The Morgan fingerprint density at radius 1 is 0.976 bits per heavy atom. The van der Waals surface area contributed by atoms with Crippen molar-refractivity contribution in [3.8, 4) is 5.75 Å². The number of benzene rings is 3. The number of ether oxygens (including phenoxy) is 1. The number of nitrogens with zero attached hydrogens (tertiary/aromatic N) is 2. The third-order valence-electron chi connectivity index (χ3n) is 6.42. The lowest BCUT2D eigenvalue weighted by Crippen LogP contribution is -2.53. The van der Waals surface area contributed by atoms with Crippen LogP contribution in [-0.2, 0) is 26.2 Å². The van der Waals surface area contributed by atoms with Crippen LogP contribution in [0.5, 0.6) is 5.75 Å². The topological polar surface area (TPSA) is 96.0 Å². The van der Waals surface area contributed by atoms with Crippen molar-refractivity contribution in [3.63, 3.8) is 0 Å². The van der Waals surface area contributed by atoms with Gasteiger partial charge in [-0.15, -0.1) is 0 Å². The molecule has 0 aliphatic rings. The number of sulfonamides is 1. The minimum Gasteiger partial charge on any atom is -0.497 e. The van der Waals surface area contributed by atoms with Crippen LogP contribution in [-0.4, -0.2) is 50.9 Å². The molecule has 0 aliphatic carbocycles. The van der Waals surface area contributed by atoms with E-state index >= 15 is 0 Å².